The minimum absolute atomic E-state index is 0.00111. The summed E-state index contributed by atoms with van der Waals surface area (Å²) in [5.74, 6) is 5.21. The number of nitrogens with one attached hydrogen (secondary N) is 1. The van der Waals surface area contributed by atoms with E-state index in [0.717, 1.165) is 38.5 Å². The maximum absolute atomic E-state index is 12.8. The molecule has 4 nitrogen and oxygen atoms in total. The van der Waals surface area contributed by atoms with Crippen LogP contribution < -0.4 is 5.32 Å². The molecule has 1 aliphatic rings. The zero-order chi connectivity index (χ0) is 18.1. The predicted molar refractivity (Wildman–Crippen MR) is 98.8 cm³/mol. The van der Waals surface area contributed by atoms with Crippen molar-refractivity contribution in [3.05, 3.63) is 35.9 Å². The van der Waals surface area contributed by atoms with E-state index < -0.39 is 11.6 Å². The summed E-state index contributed by atoms with van der Waals surface area (Å²) in [5.41, 5.74) is -0.974. The van der Waals surface area contributed by atoms with E-state index >= 15 is 0 Å². The lowest BCUT2D eigenvalue weighted by Crippen LogP contribution is -2.45. The molecule has 136 valence electrons. The summed E-state index contributed by atoms with van der Waals surface area (Å²) in [6.45, 7) is 2.04. The smallest absolute Gasteiger partial charge is 0.344 e. The minimum Gasteiger partial charge on any atom is -0.450 e. The number of esters is 1. The molecule has 1 saturated carbocycles. The van der Waals surface area contributed by atoms with Crippen LogP contribution in [0.15, 0.2) is 30.3 Å². The first-order valence-electron chi connectivity index (χ1n) is 9.23. The molecular formula is C21H29NO3. The first kappa shape index (κ1) is 19.5. The van der Waals surface area contributed by atoms with E-state index in [1.807, 2.05) is 32.2 Å². The Hall–Kier alpha value is -1.83. The number of carbonyl (C=O) groups excluding carboxylic acids is 1. The molecule has 0 aromatic heterocycles. The predicted octanol–water partition coefficient (Wildman–Crippen LogP) is 3.00. The number of aliphatic hydroxyl groups is 1. The quantitative estimate of drug-likeness (QED) is 0.616. The summed E-state index contributed by atoms with van der Waals surface area (Å²) >= 11 is 0. The van der Waals surface area contributed by atoms with Gasteiger partial charge in [-0.25, -0.2) is 4.79 Å². The Bertz CT molecular complexity index is 595. The van der Waals surface area contributed by atoms with Gasteiger partial charge in [-0.2, -0.15) is 0 Å². The molecular weight excluding hydrogens is 314 g/mol. The van der Waals surface area contributed by atoms with Gasteiger partial charge in [0.25, 0.3) is 0 Å². The van der Waals surface area contributed by atoms with Crippen molar-refractivity contribution in [1.82, 2.24) is 5.32 Å². The molecule has 0 heterocycles. The Balaban J connectivity index is 2.13. The third-order valence-electron chi connectivity index (χ3n) is 5.03. The molecule has 25 heavy (non-hydrogen) atoms. The number of ether oxygens (including phenoxy) is 1. The highest BCUT2D eigenvalue weighted by atomic mass is 16.5. The zero-order valence-corrected chi connectivity index (χ0v) is 15.3. The Labute approximate surface area is 151 Å². The number of hydrogen-bond donors (Lipinski definition) is 2. The van der Waals surface area contributed by atoms with Gasteiger partial charge in [-0.05, 0) is 31.9 Å². The molecule has 1 aromatic rings. The molecule has 4 heteroatoms. The summed E-state index contributed by atoms with van der Waals surface area (Å²) in [4.78, 5) is 12.8. The largest absolute Gasteiger partial charge is 0.450 e. The molecule has 0 radical (unpaired) electrons. The van der Waals surface area contributed by atoms with Gasteiger partial charge in [0, 0.05) is 5.92 Å². The van der Waals surface area contributed by atoms with Crippen molar-refractivity contribution in [3.8, 4) is 11.8 Å². The fourth-order valence-electron chi connectivity index (χ4n) is 3.49. The van der Waals surface area contributed by atoms with E-state index in [1.54, 1.807) is 12.1 Å². The van der Waals surface area contributed by atoms with E-state index in [-0.39, 0.29) is 18.6 Å². The fraction of sp³-hybridized carbons (Fsp3) is 0.571. The maximum atomic E-state index is 12.8. The molecule has 1 aliphatic carbocycles. The van der Waals surface area contributed by atoms with Gasteiger partial charge in [0.2, 0.25) is 0 Å². The lowest BCUT2D eigenvalue weighted by molar-refractivity contribution is -0.174. The van der Waals surface area contributed by atoms with E-state index in [1.165, 1.54) is 0 Å². The van der Waals surface area contributed by atoms with Crippen LogP contribution in [0.3, 0.4) is 0 Å². The monoisotopic (exact) mass is 343 g/mol. The number of benzene rings is 1. The van der Waals surface area contributed by atoms with Crippen molar-refractivity contribution in [2.24, 2.45) is 5.92 Å². The fourth-order valence-corrected chi connectivity index (χ4v) is 3.49. The molecule has 0 amide bonds. The second-order valence-corrected chi connectivity index (χ2v) is 6.61. The molecule has 2 atom stereocenters. The number of carbonyl (C=O) groups is 1. The molecule has 0 spiro atoms. The summed E-state index contributed by atoms with van der Waals surface area (Å²) in [7, 11) is 1.85. The van der Waals surface area contributed by atoms with Crippen LogP contribution in [0, 0.1) is 17.8 Å². The van der Waals surface area contributed by atoms with Crippen LogP contribution in [0.25, 0.3) is 0 Å². The van der Waals surface area contributed by atoms with Crippen molar-refractivity contribution in [2.45, 2.75) is 57.1 Å². The normalized spacial score (nSPS) is 18.5. The van der Waals surface area contributed by atoms with Gasteiger partial charge in [-0.1, -0.05) is 68.4 Å². The van der Waals surface area contributed by atoms with E-state index in [4.69, 9.17) is 4.74 Å². The van der Waals surface area contributed by atoms with E-state index in [9.17, 15) is 9.90 Å². The van der Waals surface area contributed by atoms with Crippen LogP contribution >= 0.6 is 0 Å². The summed E-state index contributed by atoms with van der Waals surface area (Å²) in [5, 5.41) is 14.4. The van der Waals surface area contributed by atoms with Gasteiger partial charge in [-0.3, -0.25) is 0 Å². The molecule has 0 bridgehead atoms. The lowest BCUT2D eigenvalue weighted by atomic mass is 9.73. The Morgan fingerprint density at radius 1 is 1.32 bits per heavy atom. The van der Waals surface area contributed by atoms with Gasteiger partial charge in [0.05, 0.1) is 6.04 Å². The van der Waals surface area contributed by atoms with Gasteiger partial charge in [-0.15, -0.1) is 0 Å². The highest BCUT2D eigenvalue weighted by molar-refractivity contribution is 5.81. The van der Waals surface area contributed by atoms with Gasteiger partial charge in [0.1, 0.15) is 0 Å². The molecule has 0 saturated heterocycles. The SMILES string of the molecule is CCC(C#CCOC(=O)C(O)(c1ccccc1)C1CCCCC1)NC. The van der Waals surface area contributed by atoms with Crippen molar-refractivity contribution in [2.75, 3.05) is 13.7 Å². The highest BCUT2D eigenvalue weighted by Gasteiger charge is 2.46. The summed E-state index contributed by atoms with van der Waals surface area (Å²) < 4.78 is 5.36. The third-order valence-corrected chi connectivity index (χ3v) is 5.03. The highest BCUT2D eigenvalue weighted by Crippen LogP contribution is 2.40. The molecule has 2 unspecified atom stereocenters. The summed E-state index contributed by atoms with van der Waals surface area (Å²) in [6.07, 6.45) is 5.78. The van der Waals surface area contributed by atoms with Crippen LogP contribution in [0.4, 0.5) is 0 Å². The van der Waals surface area contributed by atoms with Crippen LogP contribution in [-0.2, 0) is 15.1 Å². The second kappa shape index (κ2) is 9.60. The summed E-state index contributed by atoms with van der Waals surface area (Å²) in [6, 6.07) is 9.25. The lowest BCUT2D eigenvalue weighted by Gasteiger charge is -2.36. The number of rotatable bonds is 6. The van der Waals surface area contributed by atoms with E-state index in [0.29, 0.717) is 5.56 Å². The molecule has 2 rings (SSSR count). The van der Waals surface area contributed by atoms with Crippen molar-refractivity contribution >= 4 is 5.97 Å². The average Bonchev–Trinajstić information content (AvgIpc) is 2.68. The Morgan fingerprint density at radius 2 is 2.00 bits per heavy atom. The van der Waals surface area contributed by atoms with Gasteiger partial charge >= 0.3 is 5.97 Å². The van der Waals surface area contributed by atoms with Gasteiger partial charge < -0.3 is 15.2 Å². The molecule has 1 fully saturated rings. The second-order valence-electron chi connectivity index (χ2n) is 6.61. The van der Waals surface area contributed by atoms with Gasteiger partial charge in [0.15, 0.2) is 12.2 Å². The maximum Gasteiger partial charge on any atom is 0.344 e. The average molecular weight is 343 g/mol. The zero-order valence-electron chi connectivity index (χ0n) is 15.3. The minimum atomic E-state index is -1.59. The van der Waals surface area contributed by atoms with Crippen LogP contribution in [0.5, 0.6) is 0 Å². The first-order chi connectivity index (χ1) is 12.1. The molecule has 1 aromatic carbocycles. The van der Waals surface area contributed by atoms with Crippen molar-refractivity contribution in [3.63, 3.8) is 0 Å². The number of hydrogen-bond acceptors (Lipinski definition) is 4. The van der Waals surface area contributed by atoms with Crippen molar-refractivity contribution < 1.29 is 14.6 Å². The van der Waals surface area contributed by atoms with Crippen molar-refractivity contribution in [1.29, 1.82) is 0 Å². The van der Waals surface area contributed by atoms with E-state index in [2.05, 4.69) is 17.2 Å². The third kappa shape index (κ3) is 4.84. The standard InChI is InChI=1S/C21H29NO3/c1-3-19(22-2)15-10-16-25-20(23)21(24,17-11-6-4-7-12-17)18-13-8-5-9-14-18/h4,6-7,11-12,18-19,22,24H,3,5,8-9,13-14,16H2,1-2H3. The molecule has 0 aliphatic heterocycles. The Morgan fingerprint density at radius 3 is 2.60 bits per heavy atom. The first-order valence-corrected chi connectivity index (χ1v) is 9.23. The van der Waals surface area contributed by atoms with Crippen LogP contribution in [-0.4, -0.2) is 30.8 Å². The molecule has 2 N–H and O–H groups in total. The van der Waals surface area contributed by atoms with Crippen LogP contribution in [0.1, 0.15) is 51.0 Å². The topological polar surface area (TPSA) is 58.6 Å². The van der Waals surface area contributed by atoms with Crippen LogP contribution in [0.2, 0.25) is 0 Å². The Kier molecular flexibility index (Phi) is 7.49.